The van der Waals surface area contributed by atoms with E-state index in [0.717, 1.165) is 0 Å². The number of carbonyl (C=O) groups is 2. The van der Waals surface area contributed by atoms with Crippen molar-refractivity contribution in [2.24, 2.45) is 0 Å². The van der Waals surface area contributed by atoms with Crippen LogP contribution in [-0.4, -0.2) is 19.0 Å². The molecule has 0 heterocycles. The Hall–Kier alpha value is -2.40. The number of nitrogens with one attached hydrogen (secondary N) is 1. The zero-order valence-electron chi connectivity index (χ0n) is 11.7. The highest BCUT2D eigenvalue weighted by Crippen LogP contribution is 2.23. The van der Waals surface area contributed by atoms with Crippen LogP contribution < -0.4 is 5.32 Å². The molecule has 0 spiro atoms. The van der Waals surface area contributed by atoms with Gasteiger partial charge in [-0.05, 0) is 35.9 Å². The molecule has 0 radical (unpaired) electrons. The summed E-state index contributed by atoms with van der Waals surface area (Å²) in [4.78, 5) is 23.5. The number of amides is 1. The summed E-state index contributed by atoms with van der Waals surface area (Å²) in [6.45, 7) is 0. The largest absolute Gasteiger partial charge is 0.465 e. The van der Waals surface area contributed by atoms with Crippen LogP contribution in [0, 0.1) is 5.82 Å². The third kappa shape index (κ3) is 4.05. The molecule has 0 bridgehead atoms. The monoisotopic (exact) mass is 321 g/mol. The van der Waals surface area contributed by atoms with Gasteiger partial charge in [0.1, 0.15) is 5.82 Å². The average molecular weight is 322 g/mol. The maximum Gasteiger partial charge on any atom is 0.337 e. The zero-order valence-corrected chi connectivity index (χ0v) is 12.5. The molecule has 0 saturated heterocycles. The minimum absolute atomic E-state index is 0.0685. The Morgan fingerprint density at radius 2 is 1.86 bits per heavy atom. The van der Waals surface area contributed by atoms with Gasteiger partial charge in [0.15, 0.2) is 0 Å². The number of rotatable bonds is 4. The molecular weight excluding hydrogens is 309 g/mol. The summed E-state index contributed by atoms with van der Waals surface area (Å²) in [6.07, 6.45) is 0.0685. The van der Waals surface area contributed by atoms with Gasteiger partial charge in [0, 0.05) is 0 Å². The second-order valence-corrected chi connectivity index (χ2v) is 4.94. The Labute approximate surface area is 131 Å². The predicted octanol–water partition coefficient (Wildman–Crippen LogP) is 3.45. The SMILES string of the molecule is COC(=O)c1ccc(Cl)c(NC(=O)Cc2ccc(F)cc2)c1. The van der Waals surface area contributed by atoms with E-state index < -0.39 is 5.97 Å². The second kappa shape index (κ2) is 7.04. The fourth-order valence-corrected chi connectivity index (χ4v) is 2.01. The first-order chi connectivity index (χ1) is 10.5. The molecule has 22 heavy (non-hydrogen) atoms. The van der Waals surface area contributed by atoms with Crippen LogP contribution in [-0.2, 0) is 16.0 Å². The Kier molecular flexibility index (Phi) is 5.12. The van der Waals surface area contributed by atoms with Gasteiger partial charge >= 0.3 is 5.97 Å². The molecule has 0 aliphatic carbocycles. The molecule has 2 rings (SSSR count). The molecule has 1 amide bonds. The van der Waals surface area contributed by atoms with E-state index in [9.17, 15) is 14.0 Å². The summed E-state index contributed by atoms with van der Waals surface area (Å²) < 4.78 is 17.4. The molecule has 114 valence electrons. The smallest absolute Gasteiger partial charge is 0.337 e. The quantitative estimate of drug-likeness (QED) is 0.878. The number of anilines is 1. The molecule has 2 aromatic carbocycles. The van der Waals surface area contributed by atoms with Crippen LogP contribution in [0.1, 0.15) is 15.9 Å². The van der Waals surface area contributed by atoms with Crippen molar-refractivity contribution in [2.45, 2.75) is 6.42 Å². The van der Waals surface area contributed by atoms with Crippen molar-refractivity contribution < 1.29 is 18.7 Å². The van der Waals surface area contributed by atoms with E-state index in [1.54, 1.807) is 0 Å². The van der Waals surface area contributed by atoms with Crippen LogP contribution in [0.4, 0.5) is 10.1 Å². The number of benzene rings is 2. The lowest BCUT2D eigenvalue weighted by Crippen LogP contribution is -2.15. The number of hydrogen-bond acceptors (Lipinski definition) is 3. The minimum atomic E-state index is -0.522. The third-order valence-corrected chi connectivity index (χ3v) is 3.27. The van der Waals surface area contributed by atoms with Gasteiger partial charge in [-0.25, -0.2) is 9.18 Å². The van der Waals surface area contributed by atoms with E-state index in [0.29, 0.717) is 16.3 Å². The Bertz CT molecular complexity index is 701. The van der Waals surface area contributed by atoms with Crippen molar-refractivity contribution in [1.29, 1.82) is 0 Å². The van der Waals surface area contributed by atoms with E-state index in [2.05, 4.69) is 10.1 Å². The predicted molar refractivity (Wildman–Crippen MR) is 81.5 cm³/mol. The van der Waals surface area contributed by atoms with Gasteiger partial charge in [-0.3, -0.25) is 4.79 Å². The van der Waals surface area contributed by atoms with Crippen LogP contribution in [0.25, 0.3) is 0 Å². The van der Waals surface area contributed by atoms with Crippen molar-refractivity contribution in [3.63, 3.8) is 0 Å². The van der Waals surface area contributed by atoms with Crippen molar-refractivity contribution in [1.82, 2.24) is 0 Å². The van der Waals surface area contributed by atoms with E-state index in [-0.39, 0.29) is 23.7 Å². The first-order valence-corrected chi connectivity index (χ1v) is 6.79. The maximum absolute atomic E-state index is 12.8. The first-order valence-electron chi connectivity index (χ1n) is 6.42. The molecule has 2 aromatic rings. The van der Waals surface area contributed by atoms with E-state index >= 15 is 0 Å². The van der Waals surface area contributed by atoms with Gasteiger partial charge in [-0.1, -0.05) is 23.7 Å². The van der Waals surface area contributed by atoms with Gasteiger partial charge in [-0.2, -0.15) is 0 Å². The number of methoxy groups -OCH3 is 1. The van der Waals surface area contributed by atoms with Gasteiger partial charge in [0.25, 0.3) is 0 Å². The van der Waals surface area contributed by atoms with E-state index in [1.807, 2.05) is 0 Å². The summed E-state index contributed by atoms with van der Waals surface area (Å²) in [5, 5.41) is 2.93. The summed E-state index contributed by atoms with van der Waals surface area (Å²) in [5.41, 5.74) is 1.26. The van der Waals surface area contributed by atoms with Crippen molar-refractivity contribution >= 4 is 29.2 Å². The molecule has 6 heteroatoms. The molecule has 0 unspecified atom stereocenters. The molecular formula is C16H13ClFNO3. The van der Waals surface area contributed by atoms with Gasteiger partial charge in [-0.15, -0.1) is 0 Å². The molecule has 0 aromatic heterocycles. The highest BCUT2D eigenvalue weighted by atomic mass is 35.5. The number of ether oxygens (including phenoxy) is 1. The highest BCUT2D eigenvalue weighted by molar-refractivity contribution is 6.33. The number of hydrogen-bond donors (Lipinski definition) is 1. The van der Waals surface area contributed by atoms with Crippen LogP contribution in [0.15, 0.2) is 42.5 Å². The molecule has 0 atom stereocenters. The van der Waals surface area contributed by atoms with E-state index in [1.165, 1.54) is 49.6 Å². The second-order valence-electron chi connectivity index (χ2n) is 4.54. The van der Waals surface area contributed by atoms with Gasteiger partial charge < -0.3 is 10.1 Å². The first kappa shape index (κ1) is 16.0. The van der Waals surface area contributed by atoms with Crippen molar-refractivity contribution in [3.05, 3.63) is 64.4 Å². The fourth-order valence-electron chi connectivity index (χ4n) is 1.85. The normalized spacial score (nSPS) is 10.1. The molecule has 1 N–H and O–H groups in total. The Morgan fingerprint density at radius 3 is 2.50 bits per heavy atom. The summed E-state index contributed by atoms with van der Waals surface area (Å²) in [7, 11) is 1.27. The fraction of sp³-hybridized carbons (Fsp3) is 0.125. The van der Waals surface area contributed by atoms with Crippen LogP contribution in [0.3, 0.4) is 0 Å². The standard InChI is InChI=1S/C16H13ClFNO3/c1-22-16(21)11-4-7-13(17)14(9-11)19-15(20)8-10-2-5-12(18)6-3-10/h2-7,9H,8H2,1H3,(H,19,20). The summed E-state index contributed by atoms with van der Waals surface area (Å²) >= 11 is 6.00. The van der Waals surface area contributed by atoms with Crippen LogP contribution in [0.5, 0.6) is 0 Å². The van der Waals surface area contributed by atoms with Crippen LogP contribution in [0.2, 0.25) is 5.02 Å². The molecule has 0 aliphatic rings. The minimum Gasteiger partial charge on any atom is -0.465 e. The number of carbonyl (C=O) groups excluding carboxylic acids is 2. The molecule has 0 saturated carbocycles. The van der Waals surface area contributed by atoms with E-state index in [4.69, 9.17) is 11.6 Å². The number of halogens is 2. The third-order valence-electron chi connectivity index (χ3n) is 2.94. The van der Waals surface area contributed by atoms with Crippen molar-refractivity contribution in [3.8, 4) is 0 Å². The highest BCUT2D eigenvalue weighted by Gasteiger charge is 2.11. The Morgan fingerprint density at radius 1 is 1.18 bits per heavy atom. The topological polar surface area (TPSA) is 55.4 Å². The van der Waals surface area contributed by atoms with Gasteiger partial charge in [0.2, 0.25) is 5.91 Å². The lowest BCUT2D eigenvalue weighted by Gasteiger charge is -2.09. The summed E-state index contributed by atoms with van der Waals surface area (Å²) in [5.74, 6) is -1.21. The lowest BCUT2D eigenvalue weighted by molar-refractivity contribution is -0.115. The lowest BCUT2D eigenvalue weighted by atomic mass is 10.1. The average Bonchev–Trinajstić information content (AvgIpc) is 2.51. The number of esters is 1. The molecule has 0 fully saturated rings. The van der Waals surface area contributed by atoms with Gasteiger partial charge in [0.05, 0.1) is 29.8 Å². The molecule has 4 nitrogen and oxygen atoms in total. The maximum atomic E-state index is 12.8. The molecule has 0 aliphatic heterocycles. The summed E-state index contributed by atoms with van der Waals surface area (Å²) in [6, 6.07) is 10.1. The van der Waals surface area contributed by atoms with Crippen LogP contribution >= 0.6 is 11.6 Å². The zero-order chi connectivity index (χ0) is 16.1. The Balaban J connectivity index is 2.10. The van der Waals surface area contributed by atoms with Crippen molar-refractivity contribution in [2.75, 3.05) is 12.4 Å².